The van der Waals surface area contributed by atoms with Gasteiger partial charge in [-0.2, -0.15) is 23.5 Å². The van der Waals surface area contributed by atoms with Gasteiger partial charge in [0.2, 0.25) is 24.6 Å². The van der Waals surface area contributed by atoms with Crippen molar-refractivity contribution < 1.29 is 39.0 Å². The maximum Gasteiger partial charge on any atom is 0.306 e. The van der Waals surface area contributed by atoms with E-state index in [4.69, 9.17) is 0 Å². The maximum atomic E-state index is 13.7. The molecule has 0 spiro atoms. The molecule has 1 saturated heterocycles. The van der Waals surface area contributed by atoms with E-state index in [1.807, 2.05) is 27.7 Å². The summed E-state index contributed by atoms with van der Waals surface area (Å²) in [4.78, 5) is 74.5. The molecule has 12 nitrogen and oxygen atoms in total. The van der Waals surface area contributed by atoms with Crippen LogP contribution in [0.2, 0.25) is 0 Å². The molecule has 2 fully saturated rings. The van der Waals surface area contributed by atoms with Gasteiger partial charge in [-0.1, -0.05) is 27.7 Å². The molecular formula is C31H52N4O8S2. The van der Waals surface area contributed by atoms with E-state index in [2.05, 4.69) is 21.3 Å². The lowest BCUT2D eigenvalue weighted by molar-refractivity contribution is -0.146. The molecule has 14 heteroatoms. The van der Waals surface area contributed by atoms with Crippen LogP contribution in [0, 0.1) is 47.3 Å². The largest absolute Gasteiger partial charge is 0.481 e. The van der Waals surface area contributed by atoms with Crippen LogP contribution in [-0.4, -0.2) is 95.0 Å². The molecule has 9 unspecified atom stereocenters. The normalized spacial score (nSPS) is 32.9. The van der Waals surface area contributed by atoms with Crippen LogP contribution in [0.3, 0.4) is 0 Å². The fourth-order valence-electron chi connectivity index (χ4n) is 7.08. The third kappa shape index (κ3) is 11.1. The summed E-state index contributed by atoms with van der Waals surface area (Å²) in [5, 5.41) is 32.2. The number of nitrogens with one attached hydrogen (secondary N) is 4. The highest BCUT2D eigenvalue weighted by atomic mass is 32.2. The first-order valence-corrected chi connectivity index (χ1v) is 18.1. The Hall–Kier alpha value is -2.48. The number of carboxylic acid groups (broad SMARTS) is 2. The average Bonchev–Trinajstić information content (AvgIpc) is 3.00. The van der Waals surface area contributed by atoms with Gasteiger partial charge in [-0.05, 0) is 55.8 Å². The predicted molar refractivity (Wildman–Crippen MR) is 176 cm³/mol. The number of amides is 4. The summed E-state index contributed by atoms with van der Waals surface area (Å²) in [6.07, 6.45) is 2.59. The first-order valence-electron chi connectivity index (χ1n) is 16.0. The van der Waals surface area contributed by atoms with Gasteiger partial charge >= 0.3 is 11.9 Å². The molecule has 0 radical (unpaired) electrons. The van der Waals surface area contributed by atoms with E-state index >= 15 is 0 Å². The van der Waals surface area contributed by atoms with E-state index in [0.717, 1.165) is 0 Å². The zero-order valence-electron chi connectivity index (χ0n) is 26.9. The van der Waals surface area contributed by atoms with E-state index in [1.165, 1.54) is 0 Å². The highest BCUT2D eigenvalue weighted by Crippen LogP contribution is 2.52. The lowest BCUT2D eigenvalue weighted by Crippen LogP contribution is -2.54. The summed E-state index contributed by atoms with van der Waals surface area (Å²) < 4.78 is -0.789. The van der Waals surface area contributed by atoms with E-state index in [1.54, 1.807) is 23.5 Å². The van der Waals surface area contributed by atoms with Crippen molar-refractivity contribution in [1.82, 2.24) is 21.3 Å². The Morgan fingerprint density at radius 2 is 1.51 bits per heavy atom. The van der Waals surface area contributed by atoms with Crippen molar-refractivity contribution in [1.29, 1.82) is 0 Å². The van der Waals surface area contributed by atoms with Gasteiger partial charge in [0.05, 0.1) is 11.8 Å². The molecule has 4 amide bonds. The minimum atomic E-state index is -1.02. The van der Waals surface area contributed by atoms with Crippen molar-refractivity contribution in [2.24, 2.45) is 47.3 Å². The zero-order valence-corrected chi connectivity index (χ0v) is 28.6. The van der Waals surface area contributed by atoms with Crippen molar-refractivity contribution in [3.8, 4) is 0 Å². The topological polar surface area (TPSA) is 191 Å². The highest BCUT2D eigenvalue weighted by molar-refractivity contribution is 8.00. The third-order valence-electron chi connectivity index (χ3n) is 10.0. The molecule has 1 aliphatic heterocycles. The Kier molecular flexibility index (Phi) is 16.5. The van der Waals surface area contributed by atoms with Gasteiger partial charge in [-0.3, -0.25) is 28.8 Å². The third-order valence-corrected chi connectivity index (χ3v) is 12.9. The molecule has 2 rings (SSSR count). The van der Waals surface area contributed by atoms with E-state index < -0.39 is 52.2 Å². The first kappa shape index (κ1) is 38.7. The number of rotatable bonds is 14. The molecule has 0 aromatic heterocycles. The predicted octanol–water partition coefficient (Wildman–Crippen LogP) is 2.07. The Labute approximate surface area is 275 Å². The molecule has 2 bridgehead atoms. The van der Waals surface area contributed by atoms with Crippen LogP contribution in [0.4, 0.5) is 0 Å². The standard InChI is InChI=1S/C31H52N4O8S2/c1-19-13-23(27(38)34-8-11-44-10-7-33-18-37)15-26(30(42)43)22(4)31(5-6-32-17-36)21(3)25(28(39)35-9-12-45-31)16-24(29(40)41)14-20(19)2/h17-26H,5-16H2,1-4H3,(H,32,36)(H,33,37)(H,34,38)(H,35,39)(H,40,41)(H,42,43). The average molecular weight is 673 g/mol. The second-order valence-electron chi connectivity index (χ2n) is 12.6. The molecule has 1 heterocycles. The van der Waals surface area contributed by atoms with Crippen molar-refractivity contribution in [3.05, 3.63) is 0 Å². The number of hydrogen-bond acceptors (Lipinski definition) is 8. The number of carbonyl (C=O) groups is 6. The summed E-state index contributed by atoms with van der Waals surface area (Å²) in [6.45, 7) is 9.28. The van der Waals surface area contributed by atoms with Crippen molar-refractivity contribution >= 4 is 60.1 Å². The highest BCUT2D eigenvalue weighted by Gasteiger charge is 2.52. The number of thioether (sulfide) groups is 2. The number of fused-ring (bicyclic) bond motifs is 2. The quantitative estimate of drug-likeness (QED) is 0.118. The molecule has 45 heavy (non-hydrogen) atoms. The number of carboxylic acids is 2. The number of hydrogen-bond donors (Lipinski definition) is 6. The van der Waals surface area contributed by atoms with Crippen LogP contribution < -0.4 is 21.3 Å². The van der Waals surface area contributed by atoms with Crippen LogP contribution in [0.25, 0.3) is 0 Å². The van der Waals surface area contributed by atoms with Gasteiger partial charge in [0.15, 0.2) is 0 Å². The Morgan fingerprint density at radius 3 is 2.13 bits per heavy atom. The molecule has 2 aliphatic rings. The number of aliphatic carboxylic acids is 2. The summed E-state index contributed by atoms with van der Waals surface area (Å²) in [6, 6.07) is 0. The molecule has 9 atom stereocenters. The van der Waals surface area contributed by atoms with Gasteiger partial charge in [0.1, 0.15) is 0 Å². The minimum absolute atomic E-state index is 0.0757. The van der Waals surface area contributed by atoms with E-state index in [9.17, 15) is 39.0 Å². The minimum Gasteiger partial charge on any atom is -0.481 e. The fraction of sp³-hybridized carbons (Fsp3) is 0.806. The molecule has 1 aliphatic carbocycles. The first-order chi connectivity index (χ1) is 21.4. The van der Waals surface area contributed by atoms with Crippen LogP contribution in [0.1, 0.15) is 59.8 Å². The van der Waals surface area contributed by atoms with Crippen molar-refractivity contribution in [2.45, 2.75) is 64.5 Å². The summed E-state index contributed by atoms with van der Waals surface area (Å²) in [5.41, 5.74) is 0. The van der Waals surface area contributed by atoms with Gasteiger partial charge < -0.3 is 31.5 Å². The van der Waals surface area contributed by atoms with Gasteiger partial charge in [0, 0.05) is 60.0 Å². The Morgan fingerprint density at radius 1 is 0.889 bits per heavy atom. The second kappa shape index (κ2) is 19.2. The molecule has 0 aromatic carbocycles. The molecule has 256 valence electrons. The van der Waals surface area contributed by atoms with Crippen molar-refractivity contribution in [3.63, 3.8) is 0 Å². The lowest BCUT2D eigenvalue weighted by Gasteiger charge is -2.49. The number of carbonyl (C=O) groups excluding carboxylic acids is 4. The Bertz CT molecular complexity index is 1020. The van der Waals surface area contributed by atoms with Crippen LogP contribution in [-0.2, 0) is 28.8 Å². The zero-order chi connectivity index (χ0) is 33.6. The van der Waals surface area contributed by atoms with Gasteiger partial charge in [0.25, 0.3) is 0 Å². The summed E-state index contributed by atoms with van der Waals surface area (Å²) in [5.74, 6) is -4.67. The second-order valence-corrected chi connectivity index (χ2v) is 15.3. The fourth-order valence-corrected chi connectivity index (χ4v) is 9.48. The molecular weight excluding hydrogens is 620 g/mol. The van der Waals surface area contributed by atoms with Gasteiger partial charge in [-0.25, -0.2) is 0 Å². The van der Waals surface area contributed by atoms with Crippen LogP contribution >= 0.6 is 23.5 Å². The molecule has 6 N–H and O–H groups in total. The monoisotopic (exact) mass is 672 g/mol. The van der Waals surface area contributed by atoms with Crippen LogP contribution in [0.15, 0.2) is 0 Å². The maximum absolute atomic E-state index is 13.7. The van der Waals surface area contributed by atoms with E-state index in [0.29, 0.717) is 69.0 Å². The SMILES string of the molecule is CC1CC(C(=O)O)CC2C(=O)NCCSC(CCNC=O)(C(C)C(C(=O)O)CC(C(=O)NCCSCCNC=O)CC1C)C2C. The molecule has 0 aromatic rings. The molecule has 1 saturated carbocycles. The summed E-state index contributed by atoms with van der Waals surface area (Å²) in [7, 11) is 0. The Balaban J connectivity index is 2.55. The summed E-state index contributed by atoms with van der Waals surface area (Å²) >= 11 is 3.16. The smallest absolute Gasteiger partial charge is 0.306 e. The van der Waals surface area contributed by atoms with Gasteiger partial charge in [-0.15, -0.1) is 0 Å². The lowest BCUT2D eigenvalue weighted by atomic mass is 9.66. The van der Waals surface area contributed by atoms with E-state index in [-0.39, 0.29) is 43.0 Å². The van der Waals surface area contributed by atoms with Crippen molar-refractivity contribution in [2.75, 3.05) is 43.4 Å². The van der Waals surface area contributed by atoms with Crippen LogP contribution in [0.5, 0.6) is 0 Å².